The molecule has 1 atom stereocenters. The zero-order valence-corrected chi connectivity index (χ0v) is 11.0. The fourth-order valence-corrected chi connectivity index (χ4v) is 2.31. The average molecular weight is 266 g/mol. The normalized spacial score (nSPS) is 19.2. The van der Waals surface area contributed by atoms with E-state index in [4.69, 9.17) is 4.74 Å². The molecular formula is C12H18N4O3. The molecule has 7 heteroatoms. The van der Waals surface area contributed by atoms with Crippen LogP contribution in [-0.4, -0.2) is 51.2 Å². The van der Waals surface area contributed by atoms with E-state index < -0.39 is 6.04 Å². The van der Waals surface area contributed by atoms with E-state index in [1.54, 1.807) is 15.9 Å². The van der Waals surface area contributed by atoms with E-state index in [1.165, 1.54) is 13.4 Å². The lowest BCUT2D eigenvalue weighted by atomic mass is 10.0. The lowest BCUT2D eigenvalue weighted by Gasteiger charge is -2.33. The third-order valence-electron chi connectivity index (χ3n) is 3.32. The fraction of sp³-hybridized carbons (Fsp3) is 0.667. The van der Waals surface area contributed by atoms with Crippen molar-refractivity contribution in [3.05, 3.63) is 12.7 Å². The van der Waals surface area contributed by atoms with Crippen molar-refractivity contribution in [2.24, 2.45) is 0 Å². The lowest BCUT2D eigenvalue weighted by Crippen LogP contribution is -2.48. The third kappa shape index (κ3) is 3.30. The molecule has 0 radical (unpaired) electrons. The van der Waals surface area contributed by atoms with Crippen molar-refractivity contribution < 1.29 is 14.3 Å². The molecule has 0 N–H and O–H groups in total. The van der Waals surface area contributed by atoms with Crippen LogP contribution in [0.5, 0.6) is 0 Å². The summed E-state index contributed by atoms with van der Waals surface area (Å²) in [5.74, 6) is -0.362. The van der Waals surface area contributed by atoms with Gasteiger partial charge >= 0.3 is 5.97 Å². The van der Waals surface area contributed by atoms with Gasteiger partial charge in [0.15, 0.2) is 0 Å². The van der Waals surface area contributed by atoms with Gasteiger partial charge in [-0.2, -0.15) is 5.10 Å². The van der Waals surface area contributed by atoms with E-state index in [0.29, 0.717) is 25.9 Å². The van der Waals surface area contributed by atoms with Crippen LogP contribution >= 0.6 is 0 Å². The van der Waals surface area contributed by atoms with Crippen LogP contribution in [-0.2, 0) is 20.9 Å². The first-order chi connectivity index (χ1) is 9.22. The first kappa shape index (κ1) is 13.5. The van der Waals surface area contributed by atoms with Crippen molar-refractivity contribution >= 4 is 11.9 Å². The van der Waals surface area contributed by atoms with Gasteiger partial charge in [-0.15, -0.1) is 0 Å². The maximum Gasteiger partial charge on any atom is 0.328 e. The van der Waals surface area contributed by atoms with E-state index in [1.807, 2.05) is 0 Å². The van der Waals surface area contributed by atoms with Crippen molar-refractivity contribution in [2.75, 3.05) is 13.7 Å². The Morgan fingerprint density at radius 2 is 2.26 bits per heavy atom. The van der Waals surface area contributed by atoms with Gasteiger partial charge in [-0.1, -0.05) is 0 Å². The summed E-state index contributed by atoms with van der Waals surface area (Å²) in [4.78, 5) is 29.3. The van der Waals surface area contributed by atoms with E-state index in [0.717, 1.165) is 12.8 Å². The molecule has 1 aromatic rings. The Labute approximate surface area is 111 Å². The fourth-order valence-electron chi connectivity index (χ4n) is 2.31. The van der Waals surface area contributed by atoms with Gasteiger partial charge in [0.2, 0.25) is 5.91 Å². The second-order valence-electron chi connectivity index (χ2n) is 4.53. The molecule has 0 saturated carbocycles. The first-order valence-corrected chi connectivity index (χ1v) is 6.42. The van der Waals surface area contributed by atoms with Gasteiger partial charge in [-0.3, -0.25) is 9.48 Å². The van der Waals surface area contributed by atoms with Crippen LogP contribution in [0.25, 0.3) is 0 Å². The molecular weight excluding hydrogens is 248 g/mol. The molecule has 1 aromatic heterocycles. The number of methoxy groups -OCH3 is 1. The molecule has 0 unspecified atom stereocenters. The van der Waals surface area contributed by atoms with Crippen molar-refractivity contribution in [3.8, 4) is 0 Å². The van der Waals surface area contributed by atoms with Gasteiger partial charge in [-0.25, -0.2) is 9.78 Å². The maximum atomic E-state index is 12.2. The molecule has 104 valence electrons. The Bertz CT molecular complexity index is 432. The standard InChI is InChI=1S/C12H18N4O3/c1-19-12(18)10-4-2-3-6-16(10)11(17)5-7-15-9-13-8-14-15/h8-10H,2-7H2,1H3/t10-/m1/s1. The molecule has 1 aliphatic heterocycles. The zero-order valence-electron chi connectivity index (χ0n) is 11.0. The van der Waals surface area contributed by atoms with Crippen LogP contribution in [0.3, 0.4) is 0 Å². The quantitative estimate of drug-likeness (QED) is 0.729. The largest absolute Gasteiger partial charge is 0.467 e. The third-order valence-corrected chi connectivity index (χ3v) is 3.32. The van der Waals surface area contributed by atoms with Crippen molar-refractivity contribution in [3.63, 3.8) is 0 Å². The van der Waals surface area contributed by atoms with Crippen LogP contribution < -0.4 is 0 Å². The number of carbonyl (C=O) groups is 2. The number of amides is 1. The maximum absolute atomic E-state index is 12.2. The molecule has 0 bridgehead atoms. The zero-order chi connectivity index (χ0) is 13.7. The van der Waals surface area contributed by atoms with Crippen LogP contribution in [0, 0.1) is 0 Å². The number of aromatic nitrogens is 3. The van der Waals surface area contributed by atoms with Crippen molar-refractivity contribution in [2.45, 2.75) is 38.3 Å². The molecule has 2 rings (SSSR count). The minimum Gasteiger partial charge on any atom is -0.467 e. The van der Waals surface area contributed by atoms with E-state index in [9.17, 15) is 9.59 Å². The number of ether oxygens (including phenoxy) is 1. The molecule has 1 aliphatic rings. The number of esters is 1. The number of nitrogens with zero attached hydrogens (tertiary/aromatic N) is 4. The second kappa shape index (κ2) is 6.31. The highest BCUT2D eigenvalue weighted by atomic mass is 16.5. The van der Waals surface area contributed by atoms with Gasteiger partial charge in [0.1, 0.15) is 18.7 Å². The minimum absolute atomic E-state index is 0.0365. The van der Waals surface area contributed by atoms with Crippen LogP contribution in [0.1, 0.15) is 25.7 Å². The molecule has 7 nitrogen and oxygen atoms in total. The van der Waals surface area contributed by atoms with Crippen LogP contribution in [0.2, 0.25) is 0 Å². The molecule has 2 heterocycles. The highest BCUT2D eigenvalue weighted by molar-refractivity contribution is 5.84. The summed E-state index contributed by atoms with van der Waals surface area (Å²) in [6.45, 7) is 1.10. The summed E-state index contributed by atoms with van der Waals surface area (Å²) >= 11 is 0. The van der Waals surface area contributed by atoms with Crippen LogP contribution in [0.4, 0.5) is 0 Å². The number of piperidine rings is 1. The molecule has 1 amide bonds. The predicted octanol–water partition coefficient (Wildman–Crippen LogP) is 0.222. The van der Waals surface area contributed by atoms with Gasteiger partial charge in [0, 0.05) is 13.0 Å². The smallest absolute Gasteiger partial charge is 0.328 e. The monoisotopic (exact) mass is 266 g/mol. The second-order valence-corrected chi connectivity index (χ2v) is 4.53. The number of aryl methyl sites for hydroxylation is 1. The van der Waals surface area contributed by atoms with Gasteiger partial charge in [-0.05, 0) is 19.3 Å². The van der Waals surface area contributed by atoms with Crippen LogP contribution in [0.15, 0.2) is 12.7 Å². The highest BCUT2D eigenvalue weighted by Gasteiger charge is 2.32. The SMILES string of the molecule is COC(=O)[C@H]1CCCCN1C(=O)CCn1cncn1. The van der Waals surface area contributed by atoms with E-state index in [-0.39, 0.29) is 11.9 Å². The van der Waals surface area contributed by atoms with Gasteiger partial charge < -0.3 is 9.64 Å². The van der Waals surface area contributed by atoms with Crippen molar-refractivity contribution in [1.82, 2.24) is 19.7 Å². The number of rotatable bonds is 4. The highest BCUT2D eigenvalue weighted by Crippen LogP contribution is 2.19. The summed E-state index contributed by atoms with van der Waals surface area (Å²) in [5.41, 5.74) is 0. The molecule has 0 aromatic carbocycles. The molecule has 1 fully saturated rings. The summed E-state index contributed by atoms with van der Waals surface area (Å²) in [6, 6.07) is -0.429. The van der Waals surface area contributed by atoms with E-state index in [2.05, 4.69) is 10.1 Å². The summed E-state index contributed by atoms with van der Waals surface area (Å²) in [6.07, 6.45) is 5.89. The summed E-state index contributed by atoms with van der Waals surface area (Å²) in [5, 5.41) is 3.95. The Kier molecular flexibility index (Phi) is 4.48. The molecule has 0 aliphatic carbocycles. The van der Waals surface area contributed by atoms with Gasteiger partial charge in [0.25, 0.3) is 0 Å². The lowest BCUT2D eigenvalue weighted by molar-refractivity contribution is -0.154. The minimum atomic E-state index is -0.429. The molecule has 1 saturated heterocycles. The Morgan fingerprint density at radius 1 is 1.42 bits per heavy atom. The molecule has 0 spiro atoms. The predicted molar refractivity (Wildman–Crippen MR) is 66.0 cm³/mol. The number of hydrogen-bond acceptors (Lipinski definition) is 5. The van der Waals surface area contributed by atoms with Gasteiger partial charge in [0.05, 0.1) is 13.7 Å². The topological polar surface area (TPSA) is 77.3 Å². The number of carbonyl (C=O) groups excluding carboxylic acids is 2. The number of hydrogen-bond donors (Lipinski definition) is 0. The molecule has 19 heavy (non-hydrogen) atoms. The Balaban J connectivity index is 1.93. The average Bonchev–Trinajstić information content (AvgIpc) is 2.97. The summed E-state index contributed by atoms with van der Waals surface area (Å²) < 4.78 is 6.37. The number of likely N-dealkylation sites (tertiary alicyclic amines) is 1. The first-order valence-electron chi connectivity index (χ1n) is 6.42. The Hall–Kier alpha value is -1.92. The van der Waals surface area contributed by atoms with Crippen molar-refractivity contribution in [1.29, 1.82) is 0 Å². The summed E-state index contributed by atoms with van der Waals surface area (Å²) in [7, 11) is 1.36. The Morgan fingerprint density at radius 3 is 2.95 bits per heavy atom. The van der Waals surface area contributed by atoms with E-state index >= 15 is 0 Å².